The number of hydrogen-bond acceptors (Lipinski definition) is 3. The van der Waals surface area contributed by atoms with Crippen molar-refractivity contribution in [2.75, 3.05) is 11.9 Å². The van der Waals surface area contributed by atoms with Gasteiger partial charge in [0, 0.05) is 29.6 Å². The van der Waals surface area contributed by atoms with Crippen LogP contribution in [0.4, 0.5) is 10.5 Å². The van der Waals surface area contributed by atoms with Crippen molar-refractivity contribution in [3.8, 4) is 0 Å². The first-order chi connectivity index (χ1) is 18.6. The van der Waals surface area contributed by atoms with E-state index in [0.717, 1.165) is 25.1 Å². The molecule has 0 spiro atoms. The van der Waals surface area contributed by atoms with Crippen molar-refractivity contribution < 1.29 is 9.53 Å². The Morgan fingerprint density at radius 3 is 1.85 bits per heavy atom. The van der Waals surface area contributed by atoms with Crippen LogP contribution in [0, 0.1) is 6.92 Å². The largest absolute Gasteiger partial charge is 0.446 e. The first kappa shape index (κ1) is 33.4. The van der Waals surface area contributed by atoms with Crippen molar-refractivity contribution in [3.63, 3.8) is 0 Å². The topological polar surface area (TPSA) is 41.6 Å². The van der Waals surface area contributed by atoms with E-state index in [1.807, 2.05) is 31.2 Å². The second-order valence-electron chi connectivity index (χ2n) is 13.1. The number of ether oxygens (including phenoxy) is 1. The Kier molecular flexibility index (Phi) is 15.2. The molecule has 0 radical (unpaired) electrons. The number of carbonyl (C=O) groups is 1. The molecule has 0 aliphatic carbocycles. The van der Waals surface area contributed by atoms with Crippen molar-refractivity contribution >= 4 is 11.8 Å². The maximum absolute atomic E-state index is 12.6. The van der Waals surface area contributed by atoms with Gasteiger partial charge in [-0.1, -0.05) is 94.6 Å². The van der Waals surface area contributed by atoms with E-state index in [2.05, 4.69) is 57.0 Å². The molecule has 222 valence electrons. The summed E-state index contributed by atoms with van der Waals surface area (Å²) in [5.74, 6) is 0. The van der Waals surface area contributed by atoms with Crippen molar-refractivity contribution in [2.24, 2.45) is 0 Å². The molecule has 1 aromatic carbocycles. The van der Waals surface area contributed by atoms with Crippen LogP contribution in [0.2, 0.25) is 0 Å². The molecule has 0 aromatic heterocycles. The first-order valence-corrected chi connectivity index (χ1v) is 16.1. The molecule has 1 fully saturated rings. The molecule has 1 aromatic rings. The Morgan fingerprint density at radius 2 is 1.31 bits per heavy atom. The molecule has 0 saturated carbocycles. The van der Waals surface area contributed by atoms with Gasteiger partial charge in [0.05, 0.1) is 0 Å². The molecule has 2 rings (SSSR count). The average molecular weight is 541 g/mol. The normalized spacial score (nSPS) is 17.5. The van der Waals surface area contributed by atoms with Crippen molar-refractivity contribution in [2.45, 2.75) is 161 Å². The van der Waals surface area contributed by atoms with E-state index < -0.39 is 0 Å². The van der Waals surface area contributed by atoms with Gasteiger partial charge in [-0.3, -0.25) is 10.2 Å². The lowest BCUT2D eigenvalue weighted by atomic mass is 9.78. The lowest BCUT2D eigenvalue weighted by Gasteiger charge is -2.55. The molecule has 1 heterocycles. The predicted octanol–water partition coefficient (Wildman–Crippen LogP) is 10.6. The molecular formula is C35H60N2O2. The van der Waals surface area contributed by atoms with Gasteiger partial charge < -0.3 is 4.74 Å². The molecule has 1 aliphatic rings. The number of amides is 1. The van der Waals surface area contributed by atoms with Gasteiger partial charge in [-0.05, 0) is 85.4 Å². The van der Waals surface area contributed by atoms with Gasteiger partial charge in [-0.25, -0.2) is 4.79 Å². The molecule has 4 nitrogen and oxygen atoms in total. The van der Waals surface area contributed by atoms with E-state index in [-0.39, 0.29) is 23.3 Å². The van der Waals surface area contributed by atoms with Gasteiger partial charge >= 0.3 is 6.09 Å². The number of nitrogens with zero attached hydrogens (tertiary/aromatic N) is 1. The number of nitrogens with one attached hydrogen (secondary N) is 1. The maximum Gasteiger partial charge on any atom is 0.411 e. The zero-order valence-corrected chi connectivity index (χ0v) is 26.3. The van der Waals surface area contributed by atoms with Crippen molar-refractivity contribution in [1.82, 2.24) is 4.90 Å². The lowest BCUT2D eigenvalue weighted by molar-refractivity contribution is -0.0821. The molecule has 39 heavy (non-hydrogen) atoms. The first-order valence-electron chi connectivity index (χ1n) is 16.1. The number of hydrogen-bond donors (Lipinski definition) is 1. The summed E-state index contributed by atoms with van der Waals surface area (Å²) in [5.41, 5.74) is 1.95. The number of allylic oxidation sites excluding steroid dienone is 2. The number of rotatable bonds is 18. The van der Waals surface area contributed by atoms with E-state index >= 15 is 0 Å². The summed E-state index contributed by atoms with van der Waals surface area (Å²) in [5, 5.41) is 2.89. The quantitative estimate of drug-likeness (QED) is 0.149. The lowest BCUT2D eigenvalue weighted by Crippen LogP contribution is -2.62. The highest BCUT2D eigenvalue weighted by Gasteiger charge is 2.46. The summed E-state index contributed by atoms with van der Waals surface area (Å²) in [7, 11) is 0. The molecule has 0 unspecified atom stereocenters. The summed E-state index contributed by atoms with van der Waals surface area (Å²) in [4.78, 5) is 15.2. The van der Waals surface area contributed by atoms with E-state index in [1.165, 1.54) is 95.5 Å². The third-order valence-corrected chi connectivity index (χ3v) is 8.38. The summed E-state index contributed by atoms with van der Waals surface area (Å²) >= 11 is 0. The minimum Gasteiger partial charge on any atom is -0.446 e. The molecule has 4 heteroatoms. The van der Waals surface area contributed by atoms with Gasteiger partial charge in [0.15, 0.2) is 0 Å². The smallest absolute Gasteiger partial charge is 0.411 e. The molecular weight excluding hydrogens is 480 g/mol. The Balaban J connectivity index is 1.58. The standard InChI is InChI=1S/C35H60N2O2/c1-7-8-9-10-11-12-13-14-15-16-17-18-19-20-21-22-27-37-34(3,4)28-32(29-35(37,5)6)39-33(38)36-31-25-23-30(2)24-26-31/h14-15,23-26,32H,7-13,16-22,27-29H2,1-6H3,(H,36,38). The van der Waals surface area contributed by atoms with E-state index in [9.17, 15) is 4.79 Å². The van der Waals surface area contributed by atoms with Gasteiger partial charge in [0.1, 0.15) is 6.10 Å². The number of anilines is 1. The molecule has 0 bridgehead atoms. The van der Waals surface area contributed by atoms with E-state index in [4.69, 9.17) is 4.74 Å². The number of likely N-dealkylation sites (tertiary alicyclic amines) is 1. The summed E-state index contributed by atoms with van der Waals surface area (Å²) in [6.45, 7) is 14.7. The fourth-order valence-electron chi connectivity index (χ4n) is 6.37. The van der Waals surface area contributed by atoms with Gasteiger partial charge in [-0.15, -0.1) is 0 Å². The van der Waals surface area contributed by atoms with Crippen molar-refractivity contribution in [1.29, 1.82) is 0 Å². The highest BCUT2D eigenvalue weighted by atomic mass is 16.6. The number of unbranched alkanes of at least 4 members (excludes halogenated alkanes) is 12. The van der Waals surface area contributed by atoms with Crippen molar-refractivity contribution in [3.05, 3.63) is 42.0 Å². The van der Waals surface area contributed by atoms with Crippen LogP contribution >= 0.6 is 0 Å². The summed E-state index contributed by atoms with van der Waals surface area (Å²) in [6.07, 6.45) is 24.9. The Labute approximate surface area is 241 Å². The predicted molar refractivity (Wildman–Crippen MR) is 169 cm³/mol. The van der Waals surface area contributed by atoms with Crippen LogP contribution in [-0.2, 0) is 4.74 Å². The molecule has 1 N–H and O–H groups in total. The van der Waals surface area contributed by atoms with Crippen LogP contribution < -0.4 is 5.32 Å². The molecule has 1 saturated heterocycles. The second kappa shape index (κ2) is 17.8. The third kappa shape index (κ3) is 13.4. The van der Waals surface area contributed by atoms with E-state index in [0.29, 0.717) is 0 Å². The fourth-order valence-corrected chi connectivity index (χ4v) is 6.37. The van der Waals surface area contributed by atoms with Gasteiger partial charge in [-0.2, -0.15) is 0 Å². The van der Waals surface area contributed by atoms with Gasteiger partial charge in [0.2, 0.25) is 0 Å². The Bertz CT molecular complexity index is 810. The van der Waals surface area contributed by atoms with Gasteiger partial charge in [0.25, 0.3) is 0 Å². The van der Waals surface area contributed by atoms with Crippen LogP contribution in [0.15, 0.2) is 36.4 Å². The number of aryl methyl sites for hydroxylation is 1. The maximum atomic E-state index is 12.6. The SMILES string of the molecule is CCCCCCCCC=CCCCCCCCCN1C(C)(C)CC(OC(=O)Nc2ccc(C)cc2)CC1(C)C. The highest BCUT2D eigenvalue weighted by Crippen LogP contribution is 2.40. The Morgan fingerprint density at radius 1 is 0.821 bits per heavy atom. The number of benzene rings is 1. The number of piperidine rings is 1. The fraction of sp³-hybridized carbons (Fsp3) is 0.743. The Hall–Kier alpha value is -1.81. The molecule has 1 aliphatic heterocycles. The average Bonchev–Trinajstić information content (AvgIpc) is 2.85. The summed E-state index contributed by atoms with van der Waals surface area (Å²) in [6, 6.07) is 7.83. The van der Waals surface area contributed by atoms with Crippen LogP contribution in [-0.4, -0.2) is 34.7 Å². The minimum absolute atomic E-state index is 0.00159. The highest BCUT2D eigenvalue weighted by molar-refractivity contribution is 5.84. The summed E-state index contributed by atoms with van der Waals surface area (Å²) < 4.78 is 5.90. The third-order valence-electron chi connectivity index (χ3n) is 8.38. The van der Waals surface area contributed by atoms with Crippen LogP contribution in [0.5, 0.6) is 0 Å². The number of carbonyl (C=O) groups excluding carboxylic acids is 1. The van der Waals surface area contributed by atoms with E-state index in [1.54, 1.807) is 0 Å². The zero-order chi connectivity index (χ0) is 28.6. The minimum atomic E-state index is -0.350. The van der Waals surface area contributed by atoms with Crippen LogP contribution in [0.25, 0.3) is 0 Å². The zero-order valence-electron chi connectivity index (χ0n) is 26.3. The van der Waals surface area contributed by atoms with Crippen LogP contribution in [0.3, 0.4) is 0 Å². The molecule has 0 atom stereocenters. The molecule has 1 amide bonds. The monoisotopic (exact) mass is 540 g/mol. The van der Waals surface area contributed by atoms with Crippen LogP contribution in [0.1, 0.15) is 143 Å². The second-order valence-corrected chi connectivity index (χ2v) is 13.1.